The lowest BCUT2D eigenvalue weighted by Crippen LogP contribution is -2.15. The molecule has 0 fully saturated rings. The molecule has 0 unspecified atom stereocenters. The van der Waals surface area contributed by atoms with E-state index in [-0.39, 0.29) is 30.3 Å². The summed E-state index contributed by atoms with van der Waals surface area (Å²) in [6.07, 6.45) is 0.433. The third-order valence-corrected chi connectivity index (χ3v) is 7.14. The van der Waals surface area contributed by atoms with E-state index in [9.17, 15) is 13.2 Å². The van der Waals surface area contributed by atoms with Crippen molar-refractivity contribution in [2.24, 2.45) is 0 Å². The van der Waals surface area contributed by atoms with Crippen LogP contribution in [-0.2, 0) is 20.4 Å². The average Bonchev–Trinajstić information content (AvgIpc) is 3.11. The van der Waals surface area contributed by atoms with E-state index in [1.54, 1.807) is 12.1 Å². The highest BCUT2D eigenvalue weighted by Crippen LogP contribution is 2.25. The Hall–Kier alpha value is -1.78. The zero-order valence-electron chi connectivity index (χ0n) is 15.0. The van der Waals surface area contributed by atoms with Gasteiger partial charge in [0, 0.05) is 20.9 Å². The van der Waals surface area contributed by atoms with Crippen LogP contribution >= 0.6 is 33.9 Å². The predicted octanol–water partition coefficient (Wildman–Crippen LogP) is 4.75. The van der Waals surface area contributed by atoms with E-state index < -0.39 is 9.84 Å². The molecule has 0 saturated heterocycles. The monoisotopic (exact) mass is 526 g/mol. The Labute approximate surface area is 182 Å². The molecular formula is C20H19IN2O3S2. The number of hydrogen-bond donors (Lipinski definition) is 1. The van der Waals surface area contributed by atoms with Crippen LogP contribution in [0.15, 0.2) is 60.0 Å². The van der Waals surface area contributed by atoms with Crippen LogP contribution in [0.25, 0.3) is 11.3 Å². The Morgan fingerprint density at radius 1 is 1.07 bits per heavy atom. The highest BCUT2D eigenvalue weighted by molar-refractivity contribution is 14.1. The van der Waals surface area contributed by atoms with Gasteiger partial charge in [-0.2, -0.15) is 0 Å². The van der Waals surface area contributed by atoms with Crippen molar-refractivity contribution in [3.8, 4) is 11.3 Å². The minimum Gasteiger partial charge on any atom is -0.302 e. The van der Waals surface area contributed by atoms with E-state index in [0.29, 0.717) is 5.13 Å². The van der Waals surface area contributed by atoms with Crippen molar-refractivity contribution in [1.29, 1.82) is 0 Å². The number of amides is 1. The summed E-state index contributed by atoms with van der Waals surface area (Å²) in [6, 6.07) is 17.0. The van der Waals surface area contributed by atoms with Crippen LogP contribution in [-0.4, -0.2) is 25.1 Å². The number of sulfone groups is 1. The van der Waals surface area contributed by atoms with E-state index in [1.165, 1.54) is 11.3 Å². The van der Waals surface area contributed by atoms with Gasteiger partial charge in [0.25, 0.3) is 0 Å². The van der Waals surface area contributed by atoms with Crippen molar-refractivity contribution in [2.45, 2.75) is 18.6 Å². The zero-order valence-corrected chi connectivity index (χ0v) is 18.8. The number of nitrogens with one attached hydrogen (secondary N) is 1. The molecule has 5 nitrogen and oxygen atoms in total. The number of halogens is 1. The summed E-state index contributed by atoms with van der Waals surface area (Å²) < 4.78 is 25.5. The number of anilines is 1. The van der Waals surface area contributed by atoms with Gasteiger partial charge in [-0.1, -0.05) is 42.5 Å². The maximum atomic E-state index is 12.2. The van der Waals surface area contributed by atoms with Crippen LogP contribution in [0.1, 0.15) is 18.4 Å². The zero-order chi connectivity index (χ0) is 20.0. The third-order valence-electron chi connectivity index (χ3n) is 3.98. The van der Waals surface area contributed by atoms with Crippen LogP contribution in [0.3, 0.4) is 0 Å². The standard InChI is InChI=1S/C20H19IN2O3S2/c21-17-10-8-16(9-11-17)18-13-27-20(22-18)23-19(24)7-4-12-28(25,26)14-15-5-2-1-3-6-15/h1-3,5-6,8-11,13H,4,7,12,14H2,(H,22,23,24). The van der Waals surface area contributed by atoms with Crippen molar-refractivity contribution in [3.05, 3.63) is 69.1 Å². The molecule has 0 saturated carbocycles. The summed E-state index contributed by atoms with van der Waals surface area (Å²) in [6.45, 7) is 0. The quantitative estimate of drug-likeness (QED) is 0.430. The van der Waals surface area contributed by atoms with Gasteiger partial charge in [0.2, 0.25) is 5.91 Å². The smallest absolute Gasteiger partial charge is 0.226 e. The number of rotatable bonds is 8. The first-order valence-electron chi connectivity index (χ1n) is 8.67. The van der Waals surface area contributed by atoms with Gasteiger partial charge in [0.15, 0.2) is 15.0 Å². The molecule has 0 aliphatic heterocycles. The summed E-state index contributed by atoms with van der Waals surface area (Å²) in [4.78, 5) is 16.5. The van der Waals surface area contributed by atoms with Crippen molar-refractivity contribution in [1.82, 2.24) is 4.98 Å². The number of thiazole rings is 1. The Morgan fingerprint density at radius 2 is 1.79 bits per heavy atom. The second kappa shape index (κ2) is 9.62. The number of benzene rings is 2. The number of carbonyl (C=O) groups is 1. The van der Waals surface area contributed by atoms with Crippen molar-refractivity contribution >= 4 is 54.8 Å². The van der Waals surface area contributed by atoms with E-state index in [4.69, 9.17) is 0 Å². The van der Waals surface area contributed by atoms with Crippen molar-refractivity contribution in [2.75, 3.05) is 11.1 Å². The molecule has 3 rings (SSSR count). The minimum atomic E-state index is -3.23. The van der Waals surface area contributed by atoms with Gasteiger partial charge in [-0.25, -0.2) is 13.4 Å². The summed E-state index contributed by atoms with van der Waals surface area (Å²) in [5.41, 5.74) is 2.56. The lowest BCUT2D eigenvalue weighted by atomic mass is 10.2. The number of carbonyl (C=O) groups excluding carboxylic acids is 1. The van der Waals surface area contributed by atoms with Gasteiger partial charge in [-0.15, -0.1) is 11.3 Å². The summed E-state index contributed by atoms with van der Waals surface area (Å²) in [5, 5.41) is 5.16. The normalized spacial score (nSPS) is 11.3. The fraction of sp³-hybridized carbons (Fsp3) is 0.200. The van der Waals surface area contributed by atoms with E-state index >= 15 is 0 Å². The average molecular weight is 526 g/mol. The molecule has 28 heavy (non-hydrogen) atoms. The van der Waals surface area contributed by atoms with Gasteiger partial charge in [0.1, 0.15) is 0 Å². The Balaban J connectivity index is 1.47. The third kappa shape index (κ3) is 6.39. The van der Waals surface area contributed by atoms with Crippen LogP contribution in [0.4, 0.5) is 5.13 Å². The van der Waals surface area contributed by atoms with Crippen LogP contribution < -0.4 is 5.32 Å². The van der Waals surface area contributed by atoms with Crippen LogP contribution in [0, 0.1) is 3.57 Å². The van der Waals surface area contributed by atoms with Crippen molar-refractivity contribution in [3.63, 3.8) is 0 Å². The molecule has 1 aromatic heterocycles. The van der Waals surface area contributed by atoms with Gasteiger partial charge < -0.3 is 5.32 Å². The highest BCUT2D eigenvalue weighted by atomic mass is 127. The number of hydrogen-bond acceptors (Lipinski definition) is 5. The van der Waals surface area contributed by atoms with E-state index in [1.807, 2.05) is 47.8 Å². The molecule has 8 heteroatoms. The molecule has 146 valence electrons. The SMILES string of the molecule is O=C(CCCS(=O)(=O)Cc1ccccc1)Nc1nc(-c2ccc(I)cc2)cs1. The molecule has 0 radical (unpaired) electrons. The molecule has 1 heterocycles. The second-order valence-electron chi connectivity index (χ2n) is 6.27. The topological polar surface area (TPSA) is 76.1 Å². The summed E-state index contributed by atoms with van der Waals surface area (Å²) in [5.74, 6) is -0.235. The molecule has 1 amide bonds. The molecule has 0 bridgehead atoms. The Bertz CT molecular complexity index is 1030. The van der Waals surface area contributed by atoms with E-state index in [2.05, 4.69) is 32.9 Å². The fourth-order valence-electron chi connectivity index (χ4n) is 2.62. The Kier molecular flexibility index (Phi) is 7.19. The molecule has 0 atom stereocenters. The maximum absolute atomic E-state index is 12.2. The number of nitrogens with zero attached hydrogens (tertiary/aromatic N) is 1. The number of aromatic nitrogens is 1. The van der Waals surface area contributed by atoms with Crippen molar-refractivity contribution < 1.29 is 13.2 Å². The molecule has 2 aromatic carbocycles. The largest absolute Gasteiger partial charge is 0.302 e. The summed E-state index contributed by atoms with van der Waals surface area (Å²) in [7, 11) is -3.23. The highest BCUT2D eigenvalue weighted by Gasteiger charge is 2.14. The summed E-state index contributed by atoms with van der Waals surface area (Å²) >= 11 is 3.60. The molecule has 0 aliphatic rings. The second-order valence-corrected chi connectivity index (χ2v) is 10.6. The molecular weight excluding hydrogens is 507 g/mol. The predicted molar refractivity (Wildman–Crippen MR) is 122 cm³/mol. The first-order chi connectivity index (χ1) is 13.4. The van der Waals surface area contributed by atoms with E-state index in [0.717, 1.165) is 20.4 Å². The molecule has 3 aromatic rings. The molecule has 1 N–H and O–H groups in total. The first kappa shape index (κ1) is 20.9. The minimum absolute atomic E-state index is 0.00130. The van der Waals surface area contributed by atoms with Gasteiger partial charge in [-0.3, -0.25) is 4.79 Å². The maximum Gasteiger partial charge on any atom is 0.226 e. The fourth-order valence-corrected chi connectivity index (χ4v) is 5.14. The van der Waals surface area contributed by atoms with Crippen LogP contribution in [0.5, 0.6) is 0 Å². The Morgan fingerprint density at radius 3 is 2.50 bits per heavy atom. The lowest BCUT2D eigenvalue weighted by molar-refractivity contribution is -0.116. The molecule has 0 aliphatic carbocycles. The van der Waals surface area contributed by atoms with Gasteiger partial charge >= 0.3 is 0 Å². The lowest BCUT2D eigenvalue weighted by Gasteiger charge is -2.05. The van der Waals surface area contributed by atoms with Gasteiger partial charge in [-0.05, 0) is 46.7 Å². The van der Waals surface area contributed by atoms with Crippen LogP contribution in [0.2, 0.25) is 0 Å². The molecule has 0 spiro atoms. The van der Waals surface area contributed by atoms with Gasteiger partial charge in [0.05, 0.1) is 17.2 Å². The first-order valence-corrected chi connectivity index (χ1v) is 12.4.